The number of nitrogens with one attached hydrogen (secondary N) is 2. The molecule has 0 aliphatic carbocycles. The highest BCUT2D eigenvalue weighted by atomic mass is 16.5. The van der Waals surface area contributed by atoms with Crippen LogP contribution in [-0.4, -0.2) is 50.1 Å². The number of amides is 1. The lowest BCUT2D eigenvalue weighted by Crippen LogP contribution is -2.65. The summed E-state index contributed by atoms with van der Waals surface area (Å²) in [6.07, 6.45) is 5.81. The van der Waals surface area contributed by atoms with Gasteiger partial charge in [0, 0.05) is 32.3 Å². The maximum Gasteiger partial charge on any atom is 0.250 e. The smallest absolute Gasteiger partial charge is 0.250 e. The first kappa shape index (κ1) is 27.2. The van der Waals surface area contributed by atoms with Gasteiger partial charge in [-0.2, -0.15) is 0 Å². The van der Waals surface area contributed by atoms with E-state index >= 15 is 0 Å². The fraction of sp³-hybridized carbons (Fsp3) is 0.382. The van der Waals surface area contributed by atoms with Crippen molar-refractivity contribution < 1.29 is 9.53 Å². The summed E-state index contributed by atoms with van der Waals surface area (Å²) >= 11 is 0. The van der Waals surface area contributed by atoms with Crippen molar-refractivity contribution in [3.63, 3.8) is 0 Å². The van der Waals surface area contributed by atoms with Gasteiger partial charge in [0.1, 0.15) is 5.75 Å². The molecule has 2 heterocycles. The summed E-state index contributed by atoms with van der Waals surface area (Å²) in [5, 5.41) is 7.44. The molecule has 2 aliphatic rings. The quantitative estimate of drug-likeness (QED) is 0.363. The Bertz CT molecular complexity index is 1300. The zero-order valence-corrected chi connectivity index (χ0v) is 23.5. The monoisotopic (exact) mass is 523 g/mol. The third-order valence-electron chi connectivity index (χ3n) is 8.37. The predicted octanol–water partition coefficient (Wildman–Crippen LogP) is 5.10. The van der Waals surface area contributed by atoms with E-state index < -0.39 is 0 Å². The second kappa shape index (κ2) is 12.2. The molecule has 2 unspecified atom stereocenters. The maximum atomic E-state index is 13.3. The molecule has 2 bridgehead atoms. The highest BCUT2D eigenvalue weighted by Crippen LogP contribution is 2.34. The molecule has 204 valence electrons. The van der Waals surface area contributed by atoms with Crippen molar-refractivity contribution in [1.82, 2.24) is 15.5 Å². The van der Waals surface area contributed by atoms with Crippen LogP contribution >= 0.6 is 0 Å². The Labute approximate surface area is 233 Å². The van der Waals surface area contributed by atoms with Crippen LogP contribution in [0.4, 0.5) is 0 Å². The average Bonchev–Trinajstić information content (AvgIpc) is 2.97. The van der Waals surface area contributed by atoms with Gasteiger partial charge in [0.15, 0.2) is 0 Å². The van der Waals surface area contributed by atoms with Crippen LogP contribution < -0.4 is 15.4 Å². The lowest BCUT2D eigenvalue weighted by atomic mass is 9.78. The molecule has 3 aromatic rings. The Kier molecular flexibility index (Phi) is 8.49. The van der Waals surface area contributed by atoms with Gasteiger partial charge in [0.05, 0.1) is 18.2 Å². The van der Waals surface area contributed by atoms with Gasteiger partial charge in [-0.3, -0.25) is 10.1 Å². The summed E-state index contributed by atoms with van der Waals surface area (Å²) in [5.74, 6) is 1.11. The van der Waals surface area contributed by atoms with Gasteiger partial charge in [-0.25, -0.2) is 0 Å². The van der Waals surface area contributed by atoms with E-state index in [2.05, 4.69) is 85.2 Å². The number of piperazine rings is 1. The van der Waals surface area contributed by atoms with E-state index in [4.69, 9.17) is 4.74 Å². The molecule has 1 fully saturated rings. The van der Waals surface area contributed by atoms with Crippen LogP contribution in [0.15, 0.2) is 84.4 Å². The van der Waals surface area contributed by atoms with Crippen molar-refractivity contribution in [3.05, 3.63) is 112 Å². The first-order chi connectivity index (χ1) is 18.9. The van der Waals surface area contributed by atoms with Gasteiger partial charge in [0.25, 0.3) is 5.91 Å². The Balaban J connectivity index is 1.17. The third kappa shape index (κ3) is 6.26. The van der Waals surface area contributed by atoms with Crippen molar-refractivity contribution in [2.24, 2.45) is 0 Å². The number of benzene rings is 3. The molecule has 1 saturated heterocycles. The first-order valence-electron chi connectivity index (χ1n) is 14.2. The summed E-state index contributed by atoms with van der Waals surface area (Å²) < 4.78 is 6.04. The predicted molar refractivity (Wildman–Crippen MR) is 158 cm³/mol. The first-order valence-corrected chi connectivity index (χ1v) is 14.2. The molecule has 0 aromatic heterocycles. The number of likely N-dealkylation sites (N-methyl/N-ethyl adjacent to an activating group) is 1. The number of carbonyl (C=O) groups excluding carboxylic acids is 1. The van der Waals surface area contributed by atoms with Gasteiger partial charge < -0.3 is 15.0 Å². The minimum Gasteiger partial charge on any atom is -0.493 e. The summed E-state index contributed by atoms with van der Waals surface area (Å²) in [7, 11) is 1.91. The van der Waals surface area contributed by atoms with E-state index in [0.29, 0.717) is 13.2 Å². The van der Waals surface area contributed by atoms with E-state index in [1.54, 1.807) is 0 Å². The summed E-state index contributed by atoms with van der Waals surface area (Å²) in [6.45, 7) is 7.28. The molecular formula is C34H41N3O2. The van der Waals surface area contributed by atoms with Gasteiger partial charge in [-0.15, -0.1) is 0 Å². The van der Waals surface area contributed by atoms with E-state index in [9.17, 15) is 4.79 Å². The number of hydrogen-bond donors (Lipinski definition) is 2. The Morgan fingerprint density at radius 3 is 2.54 bits per heavy atom. The minimum absolute atomic E-state index is 0.0149. The molecule has 5 nitrogen and oxygen atoms in total. The van der Waals surface area contributed by atoms with E-state index in [1.807, 2.05) is 30.1 Å². The Morgan fingerprint density at radius 1 is 0.974 bits per heavy atom. The van der Waals surface area contributed by atoms with Crippen LogP contribution in [-0.2, 0) is 23.2 Å². The highest BCUT2D eigenvalue weighted by molar-refractivity contribution is 5.95. The van der Waals surface area contributed by atoms with Crippen molar-refractivity contribution in [2.45, 2.75) is 51.1 Å². The number of rotatable bonds is 10. The zero-order chi connectivity index (χ0) is 27.2. The molecule has 39 heavy (non-hydrogen) atoms. The standard InChI is InChI=1S/C34H41N3O2/c1-25-9-7-13-32(26(25)2)39-22-8-12-28-14-16-29(17-15-28)34-20-18-30(31(36-34)23-35-24-34)33(38)37(3)21-19-27-10-5-4-6-11-27/h4-7,9-11,13-18,31,35-36H,8,12,19-24H2,1-3H3. The zero-order valence-electron chi connectivity index (χ0n) is 23.5. The number of aryl methyl sites for hydroxylation is 2. The van der Waals surface area contributed by atoms with Crippen molar-refractivity contribution in [1.29, 1.82) is 0 Å². The molecule has 0 radical (unpaired) electrons. The maximum absolute atomic E-state index is 13.3. The van der Waals surface area contributed by atoms with Crippen LogP contribution in [0.3, 0.4) is 0 Å². The Morgan fingerprint density at radius 2 is 1.74 bits per heavy atom. The van der Waals surface area contributed by atoms with Crippen LogP contribution in [0.1, 0.15) is 40.7 Å². The second-order valence-corrected chi connectivity index (χ2v) is 11.1. The highest BCUT2D eigenvalue weighted by Gasteiger charge is 2.42. The fourth-order valence-electron chi connectivity index (χ4n) is 5.74. The van der Waals surface area contributed by atoms with E-state index in [-0.39, 0.29) is 17.5 Å². The largest absolute Gasteiger partial charge is 0.493 e. The molecule has 0 saturated carbocycles. The molecule has 5 heteroatoms. The SMILES string of the molecule is Cc1cccc(OCCCc2ccc(C34CC=C(C(=O)N(C)CCc5ccccc5)C(CNC3)N4)cc2)c1C. The van der Waals surface area contributed by atoms with Crippen LogP contribution in [0.25, 0.3) is 0 Å². The van der Waals surface area contributed by atoms with Crippen molar-refractivity contribution >= 4 is 5.91 Å². The lowest BCUT2D eigenvalue weighted by molar-refractivity contribution is -0.126. The minimum atomic E-state index is -0.181. The number of fused-ring (bicyclic) bond motifs is 2. The molecule has 5 rings (SSSR count). The molecule has 1 amide bonds. The van der Waals surface area contributed by atoms with Gasteiger partial charge in [-0.05, 0) is 73.4 Å². The third-order valence-corrected chi connectivity index (χ3v) is 8.37. The normalized spacial score (nSPS) is 20.3. The molecule has 0 spiro atoms. The van der Waals surface area contributed by atoms with Crippen molar-refractivity contribution in [3.8, 4) is 5.75 Å². The van der Waals surface area contributed by atoms with E-state index in [0.717, 1.165) is 50.1 Å². The number of carbonyl (C=O) groups is 1. The Hall–Kier alpha value is -3.41. The van der Waals surface area contributed by atoms with Crippen LogP contribution in [0.5, 0.6) is 5.75 Å². The summed E-state index contributed by atoms with van der Waals surface area (Å²) in [6, 6.07) is 25.6. The molecule has 2 aliphatic heterocycles. The van der Waals surface area contributed by atoms with Gasteiger partial charge in [-0.1, -0.05) is 72.8 Å². The molecule has 2 atom stereocenters. The van der Waals surface area contributed by atoms with Crippen LogP contribution in [0, 0.1) is 13.8 Å². The van der Waals surface area contributed by atoms with Crippen LogP contribution in [0.2, 0.25) is 0 Å². The number of hydrogen-bond acceptors (Lipinski definition) is 4. The van der Waals surface area contributed by atoms with E-state index in [1.165, 1.54) is 27.8 Å². The topological polar surface area (TPSA) is 53.6 Å². The second-order valence-electron chi connectivity index (χ2n) is 11.1. The summed E-state index contributed by atoms with van der Waals surface area (Å²) in [4.78, 5) is 15.2. The average molecular weight is 524 g/mol. The molecule has 2 N–H and O–H groups in total. The van der Waals surface area contributed by atoms with Gasteiger partial charge in [0.2, 0.25) is 0 Å². The fourth-order valence-corrected chi connectivity index (χ4v) is 5.74. The summed E-state index contributed by atoms with van der Waals surface area (Å²) in [5.41, 5.74) is 7.03. The van der Waals surface area contributed by atoms with Crippen molar-refractivity contribution in [2.75, 3.05) is 33.3 Å². The number of ether oxygens (including phenoxy) is 1. The molecule has 3 aromatic carbocycles. The number of nitrogens with zero attached hydrogens (tertiary/aromatic N) is 1. The van der Waals surface area contributed by atoms with Gasteiger partial charge >= 0.3 is 0 Å². The molecular weight excluding hydrogens is 482 g/mol. The lowest BCUT2D eigenvalue weighted by Gasteiger charge is -2.47.